The maximum Gasteiger partial charge on any atom is 0.449 e. The molecule has 0 aromatic rings. The van der Waals surface area contributed by atoms with E-state index in [9.17, 15) is 37.6 Å². The maximum atomic E-state index is 13.7. The lowest BCUT2D eigenvalue weighted by Gasteiger charge is -2.36. The third-order valence-electron chi connectivity index (χ3n) is 8.39. The van der Waals surface area contributed by atoms with Gasteiger partial charge in [-0.05, 0) is 48.3 Å². The highest BCUT2D eigenvalue weighted by Crippen LogP contribution is 2.45. The zero-order valence-electron chi connectivity index (χ0n) is 22.3. The van der Waals surface area contributed by atoms with Crippen LogP contribution in [0.2, 0.25) is 0 Å². The topological polar surface area (TPSA) is 107 Å². The molecule has 0 aromatic heterocycles. The average Bonchev–Trinajstić information content (AvgIpc) is 3.41. The van der Waals surface area contributed by atoms with Gasteiger partial charge in [-0.25, -0.2) is 0 Å². The fraction of sp³-hybridized carbons (Fsp3) is 0.815. The number of rotatable bonds is 7. The number of hydrogen-bond acceptors (Lipinski definition) is 5. The number of carbonyl (C=O) groups is 4. The van der Waals surface area contributed by atoms with Crippen molar-refractivity contribution in [3.05, 3.63) is 0 Å². The van der Waals surface area contributed by atoms with E-state index >= 15 is 0 Å². The summed E-state index contributed by atoms with van der Waals surface area (Å²) >= 11 is 0. The van der Waals surface area contributed by atoms with E-state index in [0.29, 0.717) is 19.3 Å². The highest BCUT2D eigenvalue weighted by molar-refractivity contribution is 5.93. The molecule has 3 fully saturated rings. The minimum Gasteiger partial charge on any atom is -0.339 e. The number of nitriles is 1. The molecule has 206 valence electrons. The standard InChI is InChI=1S/C27H38F3N3O4/c1-25(2,3)19(10-21(35)27(28,29)30)24(37)33-14-15-7-6-8-18(15)22(33)23(36)32-17(13-31)9-16-11-26(4,5)12-20(16)34/h15-19,22H,6-12,14H2,1-5H3,(H,32,36). The Morgan fingerprint density at radius 2 is 1.84 bits per heavy atom. The Bertz CT molecular complexity index is 979. The Kier molecular flexibility index (Phi) is 8.17. The van der Waals surface area contributed by atoms with Crippen molar-refractivity contribution in [3.63, 3.8) is 0 Å². The molecule has 2 saturated carbocycles. The zero-order chi connectivity index (χ0) is 27.9. The lowest BCUT2D eigenvalue weighted by Crippen LogP contribution is -2.54. The molecule has 7 nitrogen and oxygen atoms in total. The van der Waals surface area contributed by atoms with Crippen LogP contribution in [0.5, 0.6) is 0 Å². The number of fused-ring (bicyclic) bond motifs is 1. The normalized spacial score (nSPS) is 28.9. The molecular weight excluding hydrogens is 487 g/mol. The first-order chi connectivity index (χ1) is 16.9. The first-order valence-electron chi connectivity index (χ1n) is 13.1. The van der Waals surface area contributed by atoms with Crippen LogP contribution >= 0.6 is 0 Å². The van der Waals surface area contributed by atoms with E-state index in [2.05, 4.69) is 11.4 Å². The van der Waals surface area contributed by atoms with Gasteiger partial charge in [0.15, 0.2) is 0 Å². The summed E-state index contributed by atoms with van der Waals surface area (Å²) in [5, 5.41) is 12.5. The molecule has 3 aliphatic rings. The van der Waals surface area contributed by atoms with E-state index in [1.54, 1.807) is 20.8 Å². The van der Waals surface area contributed by atoms with Gasteiger partial charge in [-0.3, -0.25) is 19.2 Å². The van der Waals surface area contributed by atoms with Gasteiger partial charge >= 0.3 is 6.18 Å². The Morgan fingerprint density at radius 3 is 2.35 bits per heavy atom. The van der Waals surface area contributed by atoms with Crippen LogP contribution in [0.3, 0.4) is 0 Å². The van der Waals surface area contributed by atoms with E-state index in [1.165, 1.54) is 4.90 Å². The van der Waals surface area contributed by atoms with Crippen molar-refractivity contribution in [2.75, 3.05) is 6.54 Å². The van der Waals surface area contributed by atoms with Crippen LogP contribution in [0, 0.1) is 45.8 Å². The minimum absolute atomic E-state index is 0.0383. The molecule has 10 heteroatoms. The number of amides is 2. The van der Waals surface area contributed by atoms with Gasteiger partial charge in [-0.1, -0.05) is 41.0 Å². The summed E-state index contributed by atoms with van der Waals surface area (Å²) < 4.78 is 39.2. The van der Waals surface area contributed by atoms with E-state index in [4.69, 9.17) is 0 Å². The minimum atomic E-state index is -5.05. The number of alkyl halides is 3. The van der Waals surface area contributed by atoms with Crippen LogP contribution < -0.4 is 5.32 Å². The maximum absolute atomic E-state index is 13.7. The summed E-state index contributed by atoms with van der Waals surface area (Å²) in [6, 6.07) is 0.230. The SMILES string of the molecule is CC1(C)CC(=O)C(CC(C#N)NC(=O)C2C3CCCC3CN2C(=O)C(CC(=O)C(F)(F)F)C(C)(C)C)C1. The average molecular weight is 526 g/mol. The van der Waals surface area contributed by atoms with E-state index < -0.39 is 53.6 Å². The molecule has 0 radical (unpaired) electrons. The van der Waals surface area contributed by atoms with Crippen LogP contribution in [0.15, 0.2) is 0 Å². The largest absolute Gasteiger partial charge is 0.449 e. The Hall–Kier alpha value is -2.44. The lowest BCUT2D eigenvalue weighted by molar-refractivity contribution is -0.174. The van der Waals surface area contributed by atoms with Gasteiger partial charge in [0.05, 0.1) is 12.0 Å². The molecule has 1 aliphatic heterocycles. The van der Waals surface area contributed by atoms with E-state index in [1.807, 2.05) is 13.8 Å². The summed E-state index contributed by atoms with van der Waals surface area (Å²) in [5.74, 6) is -4.76. The highest BCUT2D eigenvalue weighted by Gasteiger charge is 2.53. The smallest absolute Gasteiger partial charge is 0.339 e. The molecule has 6 unspecified atom stereocenters. The Balaban J connectivity index is 1.80. The second-order valence-corrected chi connectivity index (χ2v) is 13.0. The van der Waals surface area contributed by atoms with Crippen LogP contribution in [0.25, 0.3) is 0 Å². The number of ketones is 2. The van der Waals surface area contributed by atoms with Crippen LogP contribution in [0.4, 0.5) is 13.2 Å². The molecule has 2 amide bonds. The molecule has 37 heavy (non-hydrogen) atoms. The second-order valence-electron chi connectivity index (χ2n) is 13.0. The number of likely N-dealkylation sites (tertiary alicyclic amines) is 1. The highest BCUT2D eigenvalue weighted by atomic mass is 19.4. The summed E-state index contributed by atoms with van der Waals surface area (Å²) in [4.78, 5) is 52.8. The molecular formula is C27H38F3N3O4. The molecule has 0 bridgehead atoms. The number of halogens is 3. The molecule has 2 aliphatic carbocycles. The van der Waals surface area contributed by atoms with Crippen LogP contribution in [0.1, 0.15) is 79.6 Å². The number of nitrogens with one attached hydrogen (secondary N) is 1. The first kappa shape index (κ1) is 29.1. The summed E-state index contributed by atoms with van der Waals surface area (Å²) in [6.07, 6.45) is -2.43. The lowest BCUT2D eigenvalue weighted by atomic mass is 9.76. The van der Waals surface area contributed by atoms with Crippen molar-refractivity contribution in [1.82, 2.24) is 10.2 Å². The van der Waals surface area contributed by atoms with Gasteiger partial charge in [0.1, 0.15) is 17.9 Å². The fourth-order valence-electron chi connectivity index (χ4n) is 6.50. The molecule has 1 heterocycles. The first-order valence-corrected chi connectivity index (χ1v) is 13.1. The van der Waals surface area contributed by atoms with E-state index in [0.717, 1.165) is 12.8 Å². The summed E-state index contributed by atoms with van der Waals surface area (Å²) in [7, 11) is 0. The van der Waals surface area contributed by atoms with Gasteiger partial charge in [0.2, 0.25) is 17.6 Å². The second kappa shape index (κ2) is 10.4. The quantitative estimate of drug-likeness (QED) is 0.536. The molecule has 6 atom stereocenters. The van der Waals surface area contributed by atoms with Gasteiger partial charge in [-0.2, -0.15) is 18.4 Å². The van der Waals surface area contributed by atoms with Gasteiger partial charge in [0.25, 0.3) is 0 Å². The predicted octanol–water partition coefficient (Wildman–Crippen LogP) is 4.20. The number of nitrogens with zero attached hydrogens (tertiary/aromatic N) is 2. The molecule has 1 saturated heterocycles. The van der Waals surface area contributed by atoms with Crippen molar-refractivity contribution in [3.8, 4) is 6.07 Å². The predicted molar refractivity (Wildman–Crippen MR) is 129 cm³/mol. The monoisotopic (exact) mass is 525 g/mol. The molecule has 3 rings (SSSR count). The van der Waals surface area contributed by atoms with E-state index in [-0.39, 0.29) is 41.9 Å². The van der Waals surface area contributed by atoms with Crippen molar-refractivity contribution < 1.29 is 32.3 Å². The Labute approximate surface area is 216 Å². The van der Waals surface area contributed by atoms with Gasteiger partial charge in [0, 0.05) is 25.3 Å². The summed E-state index contributed by atoms with van der Waals surface area (Å²) in [6.45, 7) is 9.04. The van der Waals surface area contributed by atoms with Crippen molar-refractivity contribution >= 4 is 23.4 Å². The number of Topliss-reactive ketones (excluding diaryl/α,β-unsaturated/α-hetero) is 2. The third-order valence-corrected chi connectivity index (χ3v) is 8.39. The van der Waals surface area contributed by atoms with Gasteiger partial charge in [-0.15, -0.1) is 0 Å². The summed E-state index contributed by atoms with van der Waals surface area (Å²) in [5.41, 5.74) is -1.10. The van der Waals surface area contributed by atoms with Crippen molar-refractivity contribution in [2.24, 2.45) is 34.5 Å². The molecule has 1 N–H and O–H groups in total. The zero-order valence-corrected chi connectivity index (χ0v) is 22.3. The number of carbonyl (C=O) groups excluding carboxylic acids is 4. The van der Waals surface area contributed by atoms with Crippen molar-refractivity contribution in [2.45, 2.75) is 97.8 Å². The van der Waals surface area contributed by atoms with Crippen LogP contribution in [-0.4, -0.2) is 53.1 Å². The molecule has 0 aromatic carbocycles. The van der Waals surface area contributed by atoms with Gasteiger partial charge < -0.3 is 10.2 Å². The van der Waals surface area contributed by atoms with Crippen molar-refractivity contribution in [1.29, 1.82) is 5.26 Å². The number of hydrogen-bond donors (Lipinski definition) is 1. The third kappa shape index (κ3) is 6.53. The fourth-order valence-corrected chi connectivity index (χ4v) is 6.50. The molecule has 0 spiro atoms. The van der Waals surface area contributed by atoms with Crippen LogP contribution in [-0.2, 0) is 19.2 Å². The Morgan fingerprint density at radius 1 is 1.19 bits per heavy atom.